The number of fused-ring (bicyclic) bond motifs is 1. The Morgan fingerprint density at radius 1 is 1.05 bits per heavy atom. The zero-order valence-corrected chi connectivity index (χ0v) is 12.9. The number of benzene rings is 2. The van der Waals surface area contributed by atoms with Gasteiger partial charge in [-0.3, -0.25) is 0 Å². The molecule has 1 N–H and O–H groups in total. The average Bonchev–Trinajstić information content (AvgIpc) is 2.91. The molecule has 3 aromatic rings. The zero-order valence-electron chi connectivity index (χ0n) is 12.1. The van der Waals surface area contributed by atoms with Crippen LogP contribution in [0.2, 0.25) is 5.02 Å². The normalized spacial score (nSPS) is 10.5. The van der Waals surface area contributed by atoms with E-state index in [1.54, 1.807) is 26.4 Å². The van der Waals surface area contributed by atoms with Crippen molar-refractivity contribution in [1.82, 2.24) is 4.98 Å². The van der Waals surface area contributed by atoms with Crippen molar-refractivity contribution in [3.63, 3.8) is 0 Å². The molecule has 0 unspecified atom stereocenters. The summed E-state index contributed by atoms with van der Waals surface area (Å²) >= 11 is 6.03. The SMILES string of the molecule is COc1ccc(-c2[nH]c3ccc(Cl)cc3c2C#N)cc1OC. The van der Waals surface area contributed by atoms with Crippen molar-refractivity contribution in [2.24, 2.45) is 0 Å². The quantitative estimate of drug-likeness (QED) is 0.781. The number of rotatable bonds is 3. The van der Waals surface area contributed by atoms with Crippen molar-refractivity contribution in [2.75, 3.05) is 14.2 Å². The number of nitrogens with one attached hydrogen (secondary N) is 1. The molecular formula is C17H13ClN2O2. The second-order valence-electron chi connectivity index (χ2n) is 4.75. The minimum absolute atomic E-state index is 0.560. The van der Waals surface area contributed by atoms with Crippen molar-refractivity contribution >= 4 is 22.5 Å². The van der Waals surface area contributed by atoms with Crippen LogP contribution in [0.4, 0.5) is 0 Å². The van der Waals surface area contributed by atoms with Crippen LogP contribution in [-0.2, 0) is 0 Å². The van der Waals surface area contributed by atoms with Crippen LogP contribution in [0.1, 0.15) is 5.56 Å². The molecule has 1 heterocycles. The van der Waals surface area contributed by atoms with Gasteiger partial charge in [-0.25, -0.2) is 0 Å². The Balaban J connectivity index is 2.24. The molecule has 0 radical (unpaired) electrons. The Kier molecular flexibility index (Phi) is 3.66. The van der Waals surface area contributed by atoms with Crippen LogP contribution >= 0.6 is 11.6 Å². The Labute approximate surface area is 132 Å². The summed E-state index contributed by atoms with van der Waals surface area (Å²) in [6.45, 7) is 0. The van der Waals surface area contributed by atoms with Crippen LogP contribution in [0, 0.1) is 11.3 Å². The maximum atomic E-state index is 9.52. The van der Waals surface area contributed by atoms with Crippen molar-refractivity contribution in [2.45, 2.75) is 0 Å². The molecule has 0 aliphatic heterocycles. The first kappa shape index (κ1) is 14.3. The van der Waals surface area contributed by atoms with Gasteiger partial charge in [-0.2, -0.15) is 5.26 Å². The van der Waals surface area contributed by atoms with Gasteiger partial charge in [0.2, 0.25) is 0 Å². The molecule has 0 saturated heterocycles. The second kappa shape index (κ2) is 5.63. The fourth-order valence-corrected chi connectivity index (χ4v) is 2.66. The number of nitriles is 1. The first-order valence-electron chi connectivity index (χ1n) is 6.61. The summed E-state index contributed by atoms with van der Waals surface area (Å²) in [6, 6.07) is 13.2. The number of H-pyrrole nitrogens is 1. The molecule has 0 atom stereocenters. The fourth-order valence-electron chi connectivity index (χ4n) is 2.49. The number of ether oxygens (including phenoxy) is 2. The lowest BCUT2D eigenvalue weighted by Crippen LogP contribution is -1.91. The molecular weight excluding hydrogens is 300 g/mol. The molecule has 5 heteroatoms. The summed E-state index contributed by atoms with van der Waals surface area (Å²) in [5.74, 6) is 1.25. The molecule has 0 aliphatic carbocycles. The van der Waals surface area contributed by atoms with Gasteiger partial charge in [0.15, 0.2) is 11.5 Å². The molecule has 0 spiro atoms. The molecule has 0 bridgehead atoms. The van der Waals surface area contributed by atoms with Gasteiger partial charge in [-0.15, -0.1) is 0 Å². The van der Waals surface area contributed by atoms with E-state index in [1.807, 2.05) is 24.3 Å². The maximum absolute atomic E-state index is 9.52. The third kappa shape index (κ3) is 2.26. The predicted molar refractivity (Wildman–Crippen MR) is 86.6 cm³/mol. The van der Waals surface area contributed by atoms with Gasteiger partial charge in [0.05, 0.1) is 25.5 Å². The van der Waals surface area contributed by atoms with E-state index in [-0.39, 0.29) is 0 Å². The van der Waals surface area contributed by atoms with Crippen molar-refractivity contribution in [3.05, 3.63) is 47.0 Å². The van der Waals surface area contributed by atoms with E-state index in [1.165, 1.54) is 0 Å². The summed E-state index contributed by atoms with van der Waals surface area (Å²) in [6.07, 6.45) is 0. The molecule has 22 heavy (non-hydrogen) atoms. The van der Waals surface area contributed by atoms with E-state index in [0.29, 0.717) is 22.1 Å². The summed E-state index contributed by atoms with van der Waals surface area (Å²) in [4.78, 5) is 3.27. The second-order valence-corrected chi connectivity index (χ2v) is 5.18. The predicted octanol–water partition coefficient (Wildman–Crippen LogP) is 4.38. The van der Waals surface area contributed by atoms with E-state index in [2.05, 4.69) is 11.1 Å². The first-order valence-corrected chi connectivity index (χ1v) is 6.99. The van der Waals surface area contributed by atoms with Crippen molar-refractivity contribution in [3.8, 4) is 28.8 Å². The number of aromatic amines is 1. The summed E-state index contributed by atoms with van der Waals surface area (Å²) in [7, 11) is 3.17. The number of aromatic nitrogens is 1. The van der Waals surface area contributed by atoms with Crippen LogP contribution in [0.5, 0.6) is 11.5 Å². The Hall–Kier alpha value is -2.64. The Bertz CT molecular complexity index is 894. The van der Waals surface area contributed by atoms with Gasteiger partial charge in [-0.05, 0) is 36.4 Å². The lowest BCUT2D eigenvalue weighted by Gasteiger charge is -2.09. The van der Waals surface area contributed by atoms with Crippen molar-refractivity contribution in [1.29, 1.82) is 5.26 Å². The van der Waals surface area contributed by atoms with Gasteiger partial charge in [0.25, 0.3) is 0 Å². The van der Waals surface area contributed by atoms with Crippen LogP contribution in [-0.4, -0.2) is 19.2 Å². The molecule has 3 rings (SSSR count). The van der Waals surface area contributed by atoms with E-state index in [9.17, 15) is 5.26 Å². The van der Waals surface area contributed by atoms with Gasteiger partial charge in [-0.1, -0.05) is 11.6 Å². The molecule has 4 nitrogen and oxygen atoms in total. The lowest BCUT2D eigenvalue weighted by atomic mass is 10.1. The molecule has 0 aliphatic rings. The molecule has 2 aromatic carbocycles. The number of nitrogens with zero attached hydrogens (tertiary/aromatic N) is 1. The number of halogens is 1. The minimum atomic E-state index is 0.560. The molecule has 1 aromatic heterocycles. The number of hydrogen-bond donors (Lipinski definition) is 1. The van der Waals surface area contributed by atoms with Crippen LogP contribution < -0.4 is 9.47 Å². The van der Waals surface area contributed by atoms with Crippen LogP contribution in [0.25, 0.3) is 22.2 Å². The summed E-state index contributed by atoms with van der Waals surface area (Å²) < 4.78 is 10.6. The maximum Gasteiger partial charge on any atom is 0.161 e. The van der Waals surface area contributed by atoms with Gasteiger partial charge >= 0.3 is 0 Å². The Morgan fingerprint density at radius 3 is 2.50 bits per heavy atom. The van der Waals surface area contributed by atoms with Crippen LogP contribution in [0.3, 0.4) is 0 Å². The van der Waals surface area contributed by atoms with E-state index < -0.39 is 0 Å². The standard InChI is InChI=1S/C17H13ClN2O2/c1-21-15-6-3-10(7-16(15)22-2)17-13(9-19)12-8-11(18)4-5-14(12)20-17/h3-8,20H,1-2H3. The third-order valence-electron chi connectivity index (χ3n) is 3.54. The van der Waals surface area contributed by atoms with Gasteiger partial charge < -0.3 is 14.5 Å². The Morgan fingerprint density at radius 2 is 1.82 bits per heavy atom. The van der Waals surface area contributed by atoms with E-state index in [0.717, 1.165) is 22.2 Å². The lowest BCUT2D eigenvalue weighted by molar-refractivity contribution is 0.355. The minimum Gasteiger partial charge on any atom is -0.493 e. The highest BCUT2D eigenvalue weighted by Crippen LogP contribution is 2.36. The molecule has 0 amide bonds. The first-order chi connectivity index (χ1) is 10.7. The largest absolute Gasteiger partial charge is 0.493 e. The van der Waals surface area contributed by atoms with Crippen molar-refractivity contribution < 1.29 is 9.47 Å². The smallest absolute Gasteiger partial charge is 0.161 e. The summed E-state index contributed by atoms with van der Waals surface area (Å²) in [5.41, 5.74) is 3.01. The fraction of sp³-hybridized carbons (Fsp3) is 0.118. The number of hydrogen-bond acceptors (Lipinski definition) is 3. The monoisotopic (exact) mass is 312 g/mol. The van der Waals surface area contributed by atoms with Gasteiger partial charge in [0.1, 0.15) is 6.07 Å². The van der Waals surface area contributed by atoms with Gasteiger partial charge in [0, 0.05) is 21.5 Å². The zero-order chi connectivity index (χ0) is 15.7. The van der Waals surface area contributed by atoms with E-state index in [4.69, 9.17) is 21.1 Å². The molecule has 0 fully saturated rings. The molecule has 0 saturated carbocycles. The third-order valence-corrected chi connectivity index (χ3v) is 3.78. The van der Waals surface area contributed by atoms with E-state index >= 15 is 0 Å². The summed E-state index contributed by atoms with van der Waals surface area (Å²) in [5, 5.41) is 10.9. The van der Waals surface area contributed by atoms with Crippen LogP contribution in [0.15, 0.2) is 36.4 Å². The highest BCUT2D eigenvalue weighted by atomic mass is 35.5. The number of methoxy groups -OCH3 is 2. The highest BCUT2D eigenvalue weighted by molar-refractivity contribution is 6.31. The average molecular weight is 313 g/mol. The topological polar surface area (TPSA) is 58.0 Å². The molecule has 110 valence electrons. The highest BCUT2D eigenvalue weighted by Gasteiger charge is 2.15.